The Morgan fingerprint density at radius 3 is 2.47 bits per heavy atom. The van der Waals surface area contributed by atoms with Crippen LogP contribution in [0.25, 0.3) is 0 Å². The molecule has 2 atom stereocenters. The molecule has 9 heteroatoms. The zero-order chi connectivity index (χ0) is 25.2. The van der Waals surface area contributed by atoms with Crippen LogP contribution in [0.4, 0.5) is 10.1 Å². The first-order valence-electron chi connectivity index (χ1n) is 11.4. The van der Waals surface area contributed by atoms with Gasteiger partial charge in [-0.05, 0) is 54.4 Å². The number of aryl methyl sites for hydroxylation is 1. The van der Waals surface area contributed by atoms with E-state index in [0.29, 0.717) is 22.3 Å². The summed E-state index contributed by atoms with van der Waals surface area (Å²) in [7, 11) is 0. The van der Waals surface area contributed by atoms with Crippen molar-refractivity contribution in [2.24, 2.45) is 10.1 Å². The third-order valence-corrected chi connectivity index (χ3v) is 7.37. The summed E-state index contributed by atoms with van der Waals surface area (Å²) in [6.07, 6.45) is 0.540. The van der Waals surface area contributed by atoms with E-state index in [1.807, 2.05) is 43.3 Å². The number of rotatable bonds is 5. The molecule has 0 saturated carbocycles. The van der Waals surface area contributed by atoms with Crippen LogP contribution in [0.5, 0.6) is 0 Å². The van der Waals surface area contributed by atoms with E-state index in [4.69, 9.17) is 16.7 Å². The van der Waals surface area contributed by atoms with Gasteiger partial charge < -0.3 is 5.32 Å². The van der Waals surface area contributed by atoms with Crippen molar-refractivity contribution in [3.8, 4) is 0 Å². The second-order valence-electron chi connectivity index (χ2n) is 8.63. The Morgan fingerprint density at radius 1 is 1.08 bits per heavy atom. The maximum atomic E-state index is 13.5. The number of thioether (sulfide) groups is 1. The first-order valence-corrected chi connectivity index (χ1v) is 12.7. The summed E-state index contributed by atoms with van der Waals surface area (Å²) in [5, 5.41) is 9.74. The molecule has 0 aliphatic carbocycles. The SMILES string of the molecule is Cc1ccc(NC(=O)C[C@H]2SC(N3N=C(c4ccc(F)cc4)C[C@@H]3c3ccc(Cl)cc3)=NC2=O)cc1. The second-order valence-corrected chi connectivity index (χ2v) is 10.2. The number of carbonyl (C=O) groups is 2. The first-order chi connectivity index (χ1) is 17.4. The van der Waals surface area contributed by atoms with Gasteiger partial charge >= 0.3 is 0 Å². The van der Waals surface area contributed by atoms with Crippen molar-refractivity contribution in [3.05, 3.63) is 100 Å². The molecule has 36 heavy (non-hydrogen) atoms. The topological polar surface area (TPSA) is 74.1 Å². The molecule has 3 aromatic rings. The van der Waals surface area contributed by atoms with E-state index < -0.39 is 5.25 Å². The number of hydrazone groups is 1. The average molecular weight is 521 g/mol. The van der Waals surface area contributed by atoms with Gasteiger partial charge in [-0.3, -0.25) is 9.59 Å². The van der Waals surface area contributed by atoms with Crippen LogP contribution in [0.2, 0.25) is 5.02 Å². The molecule has 2 aliphatic rings. The van der Waals surface area contributed by atoms with Gasteiger partial charge in [0.2, 0.25) is 5.91 Å². The predicted octanol–water partition coefficient (Wildman–Crippen LogP) is 5.97. The van der Waals surface area contributed by atoms with E-state index >= 15 is 0 Å². The Morgan fingerprint density at radius 2 is 1.78 bits per heavy atom. The molecule has 6 nitrogen and oxygen atoms in total. The molecule has 0 aromatic heterocycles. The number of aliphatic imine (C=N–C) groups is 1. The van der Waals surface area contributed by atoms with Gasteiger partial charge in [-0.15, -0.1) is 0 Å². The van der Waals surface area contributed by atoms with E-state index in [-0.39, 0.29) is 30.1 Å². The van der Waals surface area contributed by atoms with E-state index in [2.05, 4.69) is 10.3 Å². The van der Waals surface area contributed by atoms with Crippen molar-refractivity contribution >= 4 is 51.7 Å². The van der Waals surface area contributed by atoms with Crippen molar-refractivity contribution in [1.29, 1.82) is 0 Å². The fraction of sp³-hybridized carbons (Fsp3) is 0.185. The van der Waals surface area contributed by atoms with Crippen LogP contribution in [0.3, 0.4) is 0 Å². The van der Waals surface area contributed by atoms with Crippen LogP contribution in [0.1, 0.15) is 35.6 Å². The summed E-state index contributed by atoms with van der Waals surface area (Å²) in [6.45, 7) is 1.97. The maximum Gasteiger partial charge on any atom is 0.262 e. The van der Waals surface area contributed by atoms with Crippen LogP contribution >= 0.6 is 23.4 Å². The molecule has 0 spiro atoms. The Balaban J connectivity index is 1.35. The Bertz CT molecular complexity index is 1360. The summed E-state index contributed by atoms with van der Waals surface area (Å²) in [4.78, 5) is 29.6. The predicted molar refractivity (Wildman–Crippen MR) is 142 cm³/mol. The number of hydrogen-bond acceptors (Lipinski definition) is 5. The van der Waals surface area contributed by atoms with Gasteiger partial charge in [-0.25, -0.2) is 9.40 Å². The van der Waals surface area contributed by atoms with E-state index in [1.165, 1.54) is 23.9 Å². The van der Waals surface area contributed by atoms with E-state index in [9.17, 15) is 14.0 Å². The zero-order valence-electron chi connectivity index (χ0n) is 19.3. The number of halogens is 2. The Labute approximate surface area is 217 Å². The molecule has 0 radical (unpaired) electrons. The van der Waals surface area contributed by atoms with Crippen LogP contribution < -0.4 is 5.32 Å². The van der Waals surface area contributed by atoms with Gasteiger partial charge in [-0.1, -0.05) is 65.3 Å². The van der Waals surface area contributed by atoms with Crippen molar-refractivity contribution in [3.63, 3.8) is 0 Å². The lowest BCUT2D eigenvalue weighted by atomic mass is 9.99. The van der Waals surface area contributed by atoms with Gasteiger partial charge in [0.15, 0.2) is 5.17 Å². The third kappa shape index (κ3) is 5.34. The molecule has 182 valence electrons. The number of nitrogens with one attached hydrogen (secondary N) is 1. The number of hydrogen-bond donors (Lipinski definition) is 1. The van der Waals surface area contributed by atoms with Crippen molar-refractivity contribution in [2.75, 3.05) is 5.32 Å². The summed E-state index contributed by atoms with van der Waals surface area (Å²) in [5.74, 6) is -0.946. The standard InChI is InChI=1S/C27H22ClFN4O2S/c1-16-2-12-21(13-3-16)30-25(34)15-24-26(35)31-27(36-24)33-23(18-4-8-19(28)9-5-18)14-22(32-33)17-6-10-20(29)11-7-17/h2-13,23-24H,14-15H2,1H3,(H,30,34)/t23-,24-/m1/s1. The minimum atomic E-state index is -0.638. The van der Waals surface area contributed by atoms with Gasteiger partial charge in [0.05, 0.1) is 11.8 Å². The number of carbonyl (C=O) groups excluding carboxylic acids is 2. The van der Waals surface area contributed by atoms with Gasteiger partial charge in [0.25, 0.3) is 5.91 Å². The number of benzene rings is 3. The number of anilines is 1. The fourth-order valence-corrected chi connectivity index (χ4v) is 5.26. The van der Waals surface area contributed by atoms with Crippen molar-refractivity contribution in [1.82, 2.24) is 5.01 Å². The van der Waals surface area contributed by atoms with Crippen LogP contribution in [-0.4, -0.2) is 33.0 Å². The first kappa shape index (κ1) is 24.2. The van der Waals surface area contributed by atoms with Crippen molar-refractivity contribution < 1.29 is 14.0 Å². The minimum Gasteiger partial charge on any atom is -0.326 e. The molecule has 2 aliphatic heterocycles. The summed E-state index contributed by atoms with van der Waals surface area (Å²) < 4.78 is 13.5. The highest BCUT2D eigenvalue weighted by molar-refractivity contribution is 8.15. The van der Waals surface area contributed by atoms with Gasteiger partial charge in [0, 0.05) is 23.6 Å². The van der Waals surface area contributed by atoms with E-state index in [1.54, 1.807) is 29.3 Å². The molecule has 0 bridgehead atoms. The molecule has 1 N–H and O–H groups in total. The zero-order valence-corrected chi connectivity index (χ0v) is 20.9. The number of amidine groups is 1. The lowest BCUT2D eigenvalue weighted by Crippen LogP contribution is -2.25. The van der Waals surface area contributed by atoms with Gasteiger partial charge in [-0.2, -0.15) is 10.1 Å². The minimum absolute atomic E-state index is 0.00163. The summed E-state index contributed by atoms with van der Waals surface area (Å²) >= 11 is 7.32. The number of amides is 2. The summed E-state index contributed by atoms with van der Waals surface area (Å²) in [5.41, 5.74) is 4.27. The highest BCUT2D eigenvalue weighted by Gasteiger charge is 2.39. The lowest BCUT2D eigenvalue weighted by Gasteiger charge is -2.23. The largest absolute Gasteiger partial charge is 0.326 e. The molecule has 0 fully saturated rings. The van der Waals surface area contributed by atoms with Crippen LogP contribution in [0, 0.1) is 12.7 Å². The highest BCUT2D eigenvalue weighted by atomic mass is 35.5. The van der Waals surface area contributed by atoms with Crippen molar-refractivity contribution in [2.45, 2.75) is 31.1 Å². The number of nitrogens with zero attached hydrogens (tertiary/aromatic N) is 3. The van der Waals surface area contributed by atoms with Crippen LogP contribution in [-0.2, 0) is 9.59 Å². The molecule has 3 aromatic carbocycles. The molecule has 2 amide bonds. The van der Waals surface area contributed by atoms with Gasteiger partial charge in [0.1, 0.15) is 11.1 Å². The molecule has 5 rings (SSSR count). The highest BCUT2D eigenvalue weighted by Crippen LogP contribution is 2.39. The smallest absolute Gasteiger partial charge is 0.262 e. The second kappa shape index (κ2) is 10.2. The van der Waals surface area contributed by atoms with E-state index in [0.717, 1.165) is 22.4 Å². The molecule has 0 unspecified atom stereocenters. The molecular formula is C27H22ClFN4O2S. The summed E-state index contributed by atoms with van der Waals surface area (Å²) in [6, 6.07) is 20.8. The fourth-order valence-electron chi connectivity index (χ4n) is 4.07. The monoisotopic (exact) mass is 520 g/mol. The molecule has 2 heterocycles. The molecule has 0 saturated heterocycles. The quantitative estimate of drug-likeness (QED) is 0.450. The van der Waals surface area contributed by atoms with Crippen LogP contribution in [0.15, 0.2) is 82.9 Å². The Hall–Kier alpha value is -3.49. The maximum absolute atomic E-state index is 13.5. The Kier molecular flexibility index (Phi) is 6.89. The lowest BCUT2D eigenvalue weighted by molar-refractivity contribution is -0.121. The normalized spacial score (nSPS) is 19.3. The molecular weight excluding hydrogens is 499 g/mol. The average Bonchev–Trinajstić information content (AvgIpc) is 3.45. The third-order valence-electron chi connectivity index (χ3n) is 5.97.